The van der Waals surface area contributed by atoms with Crippen LogP contribution < -0.4 is 0 Å². The van der Waals surface area contributed by atoms with Crippen LogP contribution in [-0.4, -0.2) is 55.2 Å². The first-order valence-corrected chi connectivity index (χ1v) is 8.81. The molecule has 0 aromatic rings. The number of carbonyl (C=O) groups excluding carboxylic acids is 1. The molecule has 1 unspecified atom stereocenters. The van der Waals surface area contributed by atoms with Gasteiger partial charge >= 0.3 is 11.9 Å². The Kier molecular flexibility index (Phi) is 7.10. The van der Waals surface area contributed by atoms with Gasteiger partial charge in [-0.3, -0.25) is 9.59 Å². The summed E-state index contributed by atoms with van der Waals surface area (Å²) in [6, 6.07) is 0. The highest BCUT2D eigenvalue weighted by Crippen LogP contribution is 2.23. The van der Waals surface area contributed by atoms with Crippen LogP contribution in [-0.2, 0) is 24.3 Å². The average Bonchev–Trinajstić information content (AvgIpc) is 2.44. The maximum atomic E-state index is 12.2. The predicted molar refractivity (Wildman–Crippen MR) is 76.2 cm³/mol. The van der Waals surface area contributed by atoms with Gasteiger partial charge in [0.2, 0.25) is 10.0 Å². The van der Waals surface area contributed by atoms with Gasteiger partial charge in [0.1, 0.15) is 0 Å². The number of ether oxygens (including phenoxy) is 1. The van der Waals surface area contributed by atoms with E-state index in [0.717, 1.165) is 12.8 Å². The fourth-order valence-electron chi connectivity index (χ4n) is 2.42. The highest BCUT2D eigenvalue weighted by atomic mass is 32.2. The number of aliphatic carboxylic acids is 1. The number of carboxylic acids is 1. The van der Waals surface area contributed by atoms with E-state index in [1.54, 1.807) is 6.92 Å². The van der Waals surface area contributed by atoms with Crippen LogP contribution in [0.5, 0.6) is 0 Å². The van der Waals surface area contributed by atoms with Gasteiger partial charge in [-0.1, -0.05) is 0 Å². The number of nitrogens with zero attached hydrogens (tertiary/aromatic N) is 1. The summed E-state index contributed by atoms with van der Waals surface area (Å²) in [5.74, 6) is -1.55. The number of sulfonamides is 1. The van der Waals surface area contributed by atoms with Crippen molar-refractivity contribution in [2.24, 2.45) is 5.92 Å². The van der Waals surface area contributed by atoms with E-state index in [4.69, 9.17) is 9.84 Å². The van der Waals surface area contributed by atoms with E-state index in [2.05, 4.69) is 0 Å². The first kappa shape index (κ1) is 17.9. The average molecular weight is 321 g/mol. The molecule has 7 nitrogen and oxygen atoms in total. The number of hydrogen-bond donors (Lipinski definition) is 1. The van der Waals surface area contributed by atoms with Crippen LogP contribution in [0.1, 0.15) is 39.0 Å². The number of hydrogen-bond acceptors (Lipinski definition) is 5. The fraction of sp³-hybridized carbons (Fsp3) is 0.846. The summed E-state index contributed by atoms with van der Waals surface area (Å²) < 4.78 is 30.5. The van der Waals surface area contributed by atoms with Crippen molar-refractivity contribution in [3.63, 3.8) is 0 Å². The zero-order valence-electron chi connectivity index (χ0n) is 12.3. The van der Waals surface area contributed by atoms with Crippen molar-refractivity contribution in [2.75, 3.05) is 25.4 Å². The molecule has 1 heterocycles. The Morgan fingerprint density at radius 1 is 1.33 bits per heavy atom. The van der Waals surface area contributed by atoms with Gasteiger partial charge < -0.3 is 9.84 Å². The Labute approximate surface area is 125 Å². The van der Waals surface area contributed by atoms with Crippen molar-refractivity contribution in [3.8, 4) is 0 Å². The minimum atomic E-state index is -3.48. The molecular formula is C13H23NO6S. The molecule has 0 aliphatic carbocycles. The minimum Gasteiger partial charge on any atom is -0.481 e. The second-order valence-electron chi connectivity index (χ2n) is 5.17. The summed E-state index contributed by atoms with van der Waals surface area (Å²) in [4.78, 5) is 21.8. The summed E-state index contributed by atoms with van der Waals surface area (Å²) in [5.41, 5.74) is 0. The van der Waals surface area contributed by atoms with Gasteiger partial charge in [-0.15, -0.1) is 0 Å². The Morgan fingerprint density at radius 2 is 2.05 bits per heavy atom. The third-order valence-electron chi connectivity index (χ3n) is 3.51. The molecule has 0 radical (unpaired) electrons. The van der Waals surface area contributed by atoms with E-state index in [0.29, 0.717) is 19.5 Å². The summed E-state index contributed by atoms with van der Waals surface area (Å²) in [7, 11) is -3.48. The van der Waals surface area contributed by atoms with Crippen molar-refractivity contribution < 1.29 is 27.9 Å². The monoisotopic (exact) mass is 321 g/mol. The second-order valence-corrected chi connectivity index (χ2v) is 7.26. The quantitative estimate of drug-likeness (QED) is 0.665. The number of carbonyl (C=O) groups is 2. The van der Waals surface area contributed by atoms with E-state index in [9.17, 15) is 18.0 Å². The van der Waals surface area contributed by atoms with E-state index in [1.807, 2.05) is 0 Å². The molecule has 21 heavy (non-hydrogen) atoms. The molecular weight excluding hydrogens is 298 g/mol. The summed E-state index contributed by atoms with van der Waals surface area (Å²) >= 11 is 0. The number of esters is 1. The fourth-order valence-corrected chi connectivity index (χ4v) is 3.95. The topological polar surface area (TPSA) is 101 Å². The molecule has 0 aromatic carbocycles. The van der Waals surface area contributed by atoms with Crippen molar-refractivity contribution >= 4 is 22.0 Å². The molecule has 1 fully saturated rings. The van der Waals surface area contributed by atoms with Crippen LogP contribution in [0.15, 0.2) is 0 Å². The molecule has 122 valence electrons. The molecule has 1 atom stereocenters. The Balaban J connectivity index is 2.49. The van der Waals surface area contributed by atoms with Gasteiger partial charge in [0.05, 0.1) is 18.8 Å². The van der Waals surface area contributed by atoms with Crippen molar-refractivity contribution in [3.05, 3.63) is 0 Å². The first-order valence-electron chi connectivity index (χ1n) is 7.20. The van der Waals surface area contributed by atoms with Gasteiger partial charge in [-0.25, -0.2) is 12.7 Å². The Bertz CT molecular complexity index is 461. The maximum absolute atomic E-state index is 12.2. The van der Waals surface area contributed by atoms with Gasteiger partial charge in [0.25, 0.3) is 0 Å². The summed E-state index contributed by atoms with van der Waals surface area (Å²) in [6.07, 6.45) is 1.97. The highest BCUT2D eigenvalue weighted by Gasteiger charge is 2.29. The van der Waals surface area contributed by atoms with E-state index in [1.165, 1.54) is 4.31 Å². The largest absolute Gasteiger partial charge is 0.481 e. The maximum Gasteiger partial charge on any atom is 0.306 e. The zero-order chi connectivity index (χ0) is 15.9. The second kappa shape index (κ2) is 8.33. The molecule has 0 bridgehead atoms. The van der Waals surface area contributed by atoms with Crippen LogP contribution in [0.25, 0.3) is 0 Å². The number of piperidine rings is 1. The first-order chi connectivity index (χ1) is 9.85. The van der Waals surface area contributed by atoms with Crippen molar-refractivity contribution in [1.82, 2.24) is 4.31 Å². The lowest BCUT2D eigenvalue weighted by atomic mass is 9.95. The Morgan fingerprint density at radius 3 is 2.67 bits per heavy atom. The molecule has 1 rings (SSSR count). The van der Waals surface area contributed by atoms with Gasteiger partial charge in [-0.2, -0.15) is 0 Å². The van der Waals surface area contributed by atoms with Gasteiger partial charge in [0, 0.05) is 19.5 Å². The third kappa shape index (κ3) is 6.43. The molecule has 0 amide bonds. The minimum absolute atomic E-state index is 0.0569. The Hall–Kier alpha value is -1.15. The van der Waals surface area contributed by atoms with E-state index < -0.39 is 22.0 Å². The molecule has 1 saturated heterocycles. The molecule has 0 aromatic heterocycles. The molecule has 1 aliphatic rings. The van der Waals surface area contributed by atoms with Crippen molar-refractivity contribution in [2.45, 2.75) is 39.0 Å². The lowest BCUT2D eigenvalue weighted by Crippen LogP contribution is -2.41. The highest BCUT2D eigenvalue weighted by molar-refractivity contribution is 7.89. The molecule has 8 heteroatoms. The normalized spacial score (nSPS) is 20.1. The predicted octanol–water partition coefficient (Wildman–Crippen LogP) is 0.846. The van der Waals surface area contributed by atoms with Crippen LogP contribution in [0.2, 0.25) is 0 Å². The SMILES string of the molecule is CCOC(=O)CCS(=O)(=O)N1CCCC(CCC(=O)O)C1. The lowest BCUT2D eigenvalue weighted by Gasteiger charge is -2.31. The zero-order valence-corrected chi connectivity index (χ0v) is 13.1. The molecule has 0 spiro atoms. The van der Waals surface area contributed by atoms with Crippen LogP contribution in [0, 0.1) is 5.92 Å². The lowest BCUT2D eigenvalue weighted by molar-refractivity contribution is -0.142. The smallest absolute Gasteiger partial charge is 0.306 e. The number of rotatable bonds is 8. The van der Waals surface area contributed by atoms with E-state index in [-0.39, 0.29) is 31.1 Å². The number of carboxylic acid groups (broad SMARTS) is 1. The summed E-state index contributed by atoms with van der Waals surface area (Å²) in [6.45, 7) is 2.69. The molecule has 1 aliphatic heterocycles. The van der Waals surface area contributed by atoms with Gasteiger partial charge in [-0.05, 0) is 32.1 Å². The molecule has 1 N–H and O–H groups in total. The standard InChI is InChI=1S/C13H23NO6S/c1-2-20-13(17)7-9-21(18,19)14-8-3-4-11(10-14)5-6-12(15)16/h11H,2-10H2,1H3,(H,15,16). The van der Waals surface area contributed by atoms with Crippen LogP contribution in [0.4, 0.5) is 0 Å². The molecule has 0 saturated carbocycles. The van der Waals surface area contributed by atoms with Crippen LogP contribution >= 0.6 is 0 Å². The van der Waals surface area contributed by atoms with Crippen LogP contribution in [0.3, 0.4) is 0 Å². The van der Waals surface area contributed by atoms with Crippen molar-refractivity contribution in [1.29, 1.82) is 0 Å². The summed E-state index contributed by atoms with van der Waals surface area (Å²) in [5, 5.41) is 8.68. The van der Waals surface area contributed by atoms with E-state index >= 15 is 0 Å². The third-order valence-corrected chi connectivity index (χ3v) is 5.35. The van der Waals surface area contributed by atoms with Gasteiger partial charge in [0.15, 0.2) is 0 Å².